The summed E-state index contributed by atoms with van der Waals surface area (Å²) >= 11 is 5.96. The van der Waals surface area contributed by atoms with E-state index in [0.717, 1.165) is 6.42 Å². The molecule has 0 unspecified atom stereocenters. The lowest BCUT2D eigenvalue weighted by Gasteiger charge is -2.31. The Morgan fingerprint density at radius 2 is 1.77 bits per heavy atom. The van der Waals surface area contributed by atoms with Crippen LogP contribution in [0.25, 0.3) is 0 Å². The zero-order valence-electron chi connectivity index (χ0n) is 14.7. The van der Waals surface area contributed by atoms with Crippen LogP contribution in [-0.4, -0.2) is 36.3 Å². The lowest BCUT2D eigenvalue weighted by Crippen LogP contribution is -2.43. The highest BCUT2D eigenvalue weighted by molar-refractivity contribution is 6.30. The van der Waals surface area contributed by atoms with Crippen molar-refractivity contribution in [2.75, 3.05) is 19.6 Å². The van der Waals surface area contributed by atoms with Crippen molar-refractivity contribution in [3.63, 3.8) is 0 Å². The van der Waals surface area contributed by atoms with Crippen molar-refractivity contribution >= 4 is 23.4 Å². The van der Waals surface area contributed by atoms with Gasteiger partial charge in [-0.15, -0.1) is 0 Å². The van der Waals surface area contributed by atoms with Crippen LogP contribution in [0.1, 0.15) is 28.8 Å². The summed E-state index contributed by atoms with van der Waals surface area (Å²) < 4.78 is 0. The Balaban J connectivity index is 1.44. The van der Waals surface area contributed by atoms with Gasteiger partial charge in [0.05, 0.1) is 0 Å². The molecule has 2 amide bonds. The van der Waals surface area contributed by atoms with Gasteiger partial charge in [-0.1, -0.05) is 48.0 Å². The van der Waals surface area contributed by atoms with Crippen molar-refractivity contribution in [1.29, 1.82) is 0 Å². The monoisotopic (exact) mass is 370 g/mol. The smallest absolute Gasteiger partial charge is 0.253 e. The first kappa shape index (κ1) is 18.5. The maximum absolute atomic E-state index is 12.5. The number of hydrogen-bond acceptors (Lipinski definition) is 2. The second-order valence-electron chi connectivity index (χ2n) is 6.60. The fraction of sp³-hybridized carbons (Fsp3) is 0.333. The molecule has 2 aromatic rings. The summed E-state index contributed by atoms with van der Waals surface area (Å²) in [6, 6.07) is 17.1. The number of piperidine rings is 1. The van der Waals surface area contributed by atoms with Crippen molar-refractivity contribution in [1.82, 2.24) is 10.2 Å². The number of amides is 2. The molecule has 0 bridgehead atoms. The van der Waals surface area contributed by atoms with Crippen LogP contribution in [-0.2, 0) is 11.2 Å². The lowest BCUT2D eigenvalue weighted by atomic mass is 9.95. The maximum atomic E-state index is 12.5. The van der Waals surface area contributed by atoms with Gasteiger partial charge in [0, 0.05) is 36.1 Å². The minimum absolute atomic E-state index is 0.0181. The zero-order chi connectivity index (χ0) is 18.4. The minimum atomic E-state index is -0.0193. The van der Waals surface area contributed by atoms with Crippen molar-refractivity contribution in [2.24, 2.45) is 5.92 Å². The molecule has 1 heterocycles. The molecular formula is C21H23ClN2O2. The van der Waals surface area contributed by atoms with Gasteiger partial charge in [0.1, 0.15) is 0 Å². The van der Waals surface area contributed by atoms with Gasteiger partial charge in [-0.05, 0) is 43.0 Å². The summed E-state index contributed by atoms with van der Waals surface area (Å²) in [5.41, 5.74) is 1.82. The van der Waals surface area contributed by atoms with E-state index in [4.69, 9.17) is 11.6 Å². The zero-order valence-corrected chi connectivity index (χ0v) is 15.4. The van der Waals surface area contributed by atoms with Gasteiger partial charge >= 0.3 is 0 Å². The molecule has 1 N–H and O–H groups in total. The minimum Gasteiger partial charge on any atom is -0.356 e. The van der Waals surface area contributed by atoms with Crippen LogP contribution in [0, 0.1) is 5.92 Å². The summed E-state index contributed by atoms with van der Waals surface area (Å²) in [5, 5.41) is 3.58. The van der Waals surface area contributed by atoms with E-state index >= 15 is 0 Å². The summed E-state index contributed by atoms with van der Waals surface area (Å²) in [7, 11) is 0. The van der Waals surface area contributed by atoms with E-state index in [9.17, 15) is 9.59 Å². The maximum Gasteiger partial charge on any atom is 0.253 e. The molecule has 1 aliphatic heterocycles. The molecule has 5 heteroatoms. The number of benzene rings is 2. The number of carbonyl (C=O) groups excluding carboxylic acids is 2. The van der Waals surface area contributed by atoms with Crippen LogP contribution in [0.5, 0.6) is 0 Å². The molecule has 0 radical (unpaired) electrons. The number of rotatable bonds is 5. The number of nitrogens with zero attached hydrogens (tertiary/aromatic N) is 1. The Morgan fingerprint density at radius 1 is 1.04 bits per heavy atom. The molecule has 0 saturated carbocycles. The van der Waals surface area contributed by atoms with Crippen LogP contribution < -0.4 is 5.32 Å². The van der Waals surface area contributed by atoms with Crippen LogP contribution in [0.3, 0.4) is 0 Å². The first-order valence-corrected chi connectivity index (χ1v) is 9.38. The first-order valence-electron chi connectivity index (χ1n) is 9.00. The molecule has 1 saturated heterocycles. The predicted molar refractivity (Wildman–Crippen MR) is 103 cm³/mol. The molecule has 0 spiro atoms. The third-order valence-corrected chi connectivity index (χ3v) is 5.02. The van der Waals surface area contributed by atoms with E-state index in [1.54, 1.807) is 29.2 Å². The van der Waals surface area contributed by atoms with Gasteiger partial charge in [0.2, 0.25) is 5.91 Å². The molecule has 0 aliphatic carbocycles. The van der Waals surface area contributed by atoms with E-state index < -0.39 is 0 Å². The summed E-state index contributed by atoms with van der Waals surface area (Å²) in [6.07, 6.45) is 2.23. The molecule has 26 heavy (non-hydrogen) atoms. The highest BCUT2D eigenvalue weighted by Crippen LogP contribution is 2.20. The first-order chi connectivity index (χ1) is 12.6. The molecule has 4 nitrogen and oxygen atoms in total. The number of nitrogens with one attached hydrogen (secondary N) is 1. The highest BCUT2D eigenvalue weighted by Gasteiger charge is 2.27. The van der Waals surface area contributed by atoms with E-state index in [2.05, 4.69) is 17.4 Å². The summed E-state index contributed by atoms with van der Waals surface area (Å²) in [4.78, 5) is 26.7. The van der Waals surface area contributed by atoms with Crippen LogP contribution in [0.2, 0.25) is 5.02 Å². The normalized spacial score (nSPS) is 14.9. The van der Waals surface area contributed by atoms with E-state index in [1.165, 1.54) is 5.56 Å². The Kier molecular flexibility index (Phi) is 6.29. The molecule has 1 fully saturated rings. The molecule has 0 aromatic heterocycles. The molecule has 3 rings (SSSR count). The second kappa shape index (κ2) is 8.86. The van der Waals surface area contributed by atoms with Crippen molar-refractivity contribution in [2.45, 2.75) is 19.3 Å². The summed E-state index contributed by atoms with van der Waals surface area (Å²) in [5.74, 6) is 0.0559. The van der Waals surface area contributed by atoms with Crippen molar-refractivity contribution < 1.29 is 9.59 Å². The molecule has 1 aliphatic rings. The molecule has 136 valence electrons. The number of halogens is 1. The average molecular weight is 371 g/mol. The Morgan fingerprint density at radius 3 is 2.46 bits per heavy atom. The predicted octanol–water partition coefficient (Wildman–Crippen LogP) is 3.55. The van der Waals surface area contributed by atoms with E-state index in [1.807, 2.05) is 18.2 Å². The van der Waals surface area contributed by atoms with Gasteiger partial charge in [-0.3, -0.25) is 9.59 Å². The van der Waals surface area contributed by atoms with E-state index in [-0.39, 0.29) is 17.7 Å². The number of likely N-dealkylation sites (tertiary alicyclic amines) is 1. The van der Waals surface area contributed by atoms with Crippen LogP contribution in [0.15, 0.2) is 54.6 Å². The quantitative estimate of drug-likeness (QED) is 0.875. The lowest BCUT2D eigenvalue weighted by molar-refractivity contribution is -0.126. The standard InChI is InChI=1S/C21H23ClN2O2/c22-19-8-4-7-18(15-19)21(26)24-13-10-17(11-14-24)20(25)23-12-9-16-5-2-1-3-6-16/h1-8,15,17H,9-14H2,(H,23,25). The highest BCUT2D eigenvalue weighted by atomic mass is 35.5. The van der Waals surface area contributed by atoms with Gasteiger partial charge in [0.25, 0.3) is 5.91 Å². The topological polar surface area (TPSA) is 49.4 Å². The average Bonchev–Trinajstić information content (AvgIpc) is 2.68. The van der Waals surface area contributed by atoms with Gasteiger partial charge in [-0.2, -0.15) is 0 Å². The number of carbonyl (C=O) groups is 2. The third-order valence-electron chi connectivity index (χ3n) is 4.78. The number of hydrogen-bond donors (Lipinski definition) is 1. The second-order valence-corrected chi connectivity index (χ2v) is 7.04. The SMILES string of the molecule is O=C(NCCc1ccccc1)C1CCN(C(=O)c2cccc(Cl)c2)CC1. The van der Waals surface area contributed by atoms with Crippen LogP contribution >= 0.6 is 11.6 Å². The fourth-order valence-corrected chi connectivity index (χ4v) is 3.46. The van der Waals surface area contributed by atoms with Crippen LogP contribution in [0.4, 0.5) is 0 Å². The largest absolute Gasteiger partial charge is 0.356 e. The van der Waals surface area contributed by atoms with Gasteiger partial charge in [0.15, 0.2) is 0 Å². The fourth-order valence-electron chi connectivity index (χ4n) is 3.27. The Hall–Kier alpha value is -2.33. The molecule has 0 atom stereocenters. The third kappa shape index (κ3) is 4.85. The Bertz CT molecular complexity index is 756. The molecular weight excluding hydrogens is 348 g/mol. The molecule has 2 aromatic carbocycles. The van der Waals surface area contributed by atoms with Gasteiger partial charge < -0.3 is 10.2 Å². The Labute approximate surface area is 159 Å². The van der Waals surface area contributed by atoms with E-state index in [0.29, 0.717) is 43.1 Å². The van der Waals surface area contributed by atoms with Crippen molar-refractivity contribution in [3.8, 4) is 0 Å². The van der Waals surface area contributed by atoms with Gasteiger partial charge in [-0.25, -0.2) is 0 Å². The summed E-state index contributed by atoms with van der Waals surface area (Å²) in [6.45, 7) is 1.84. The van der Waals surface area contributed by atoms with Crippen molar-refractivity contribution in [3.05, 3.63) is 70.7 Å².